The molecule has 30 heavy (non-hydrogen) atoms. The van der Waals surface area contributed by atoms with Gasteiger partial charge in [0.2, 0.25) is 0 Å². The number of aromatic nitrogens is 1. The van der Waals surface area contributed by atoms with Crippen LogP contribution in [0.25, 0.3) is 22.0 Å². The van der Waals surface area contributed by atoms with Crippen molar-refractivity contribution < 1.29 is 4.79 Å². The lowest BCUT2D eigenvalue weighted by atomic mass is 9.82. The first-order valence-electron chi connectivity index (χ1n) is 10.9. The van der Waals surface area contributed by atoms with Gasteiger partial charge < -0.3 is 9.88 Å². The van der Waals surface area contributed by atoms with Gasteiger partial charge in [0.05, 0.1) is 11.1 Å². The molecule has 2 aromatic carbocycles. The van der Waals surface area contributed by atoms with E-state index in [-0.39, 0.29) is 16.9 Å². The fourth-order valence-corrected chi connectivity index (χ4v) is 4.68. The second-order valence-electron chi connectivity index (χ2n) is 8.97. The van der Waals surface area contributed by atoms with Crippen LogP contribution in [0.4, 0.5) is 5.69 Å². The highest BCUT2D eigenvalue weighted by Gasteiger charge is 2.31. The smallest absolute Gasteiger partial charge is 0.251 e. The number of rotatable bonds is 6. The van der Waals surface area contributed by atoms with Gasteiger partial charge in [0.25, 0.3) is 5.56 Å². The normalized spacial score (nSPS) is 15.6. The quantitative estimate of drug-likeness (QED) is 0.446. The highest BCUT2D eigenvalue weighted by molar-refractivity contribution is 6.28. The van der Waals surface area contributed by atoms with Gasteiger partial charge in [-0.1, -0.05) is 51.5 Å². The van der Waals surface area contributed by atoms with Crippen LogP contribution in [0, 0.1) is 5.92 Å². The topological polar surface area (TPSA) is 51.1 Å². The Morgan fingerprint density at radius 3 is 2.40 bits per heavy atom. The Morgan fingerprint density at radius 2 is 1.73 bits per heavy atom. The van der Waals surface area contributed by atoms with E-state index in [0.717, 1.165) is 47.0 Å². The molecule has 1 N–H and O–H groups in total. The van der Waals surface area contributed by atoms with E-state index in [1.54, 1.807) is 17.7 Å². The van der Waals surface area contributed by atoms with Crippen LogP contribution in [0.15, 0.2) is 47.3 Å². The lowest BCUT2D eigenvalue weighted by Gasteiger charge is -2.35. The molecular formula is C26H30N2O2. The van der Waals surface area contributed by atoms with E-state index in [0.29, 0.717) is 17.0 Å². The summed E-state index contributed by atoms with van der Waals surface area (Å²) in [6.45, 7) is 8.91. The van der Waals surface area contributed by atoms with Crippen molar-refractivity contribution >= 4 is 22.4 Å². The monoisotopic (exact) mass is 402 g/mol. The molecule has 2 unspecified atom stereocenters. The zero-order valence-electron chi connectivity index (χ0n) is 18.5. The Morgan fingerprint density at radius 1 is 1.03 bits per heavy atom. The molecule has 0 fully saturated rings. The molecule has 1 aliphatic rings. The summed E-state index contributed by atoms with van der Waals surface area (Å²) in [6, 6.07) is 13.2. The lowest BCUT2D eigenvalue weighted by molar-refractivity contribution is 0.104. The summed E-state index contributed by atoms with van der Waals surface area (Å²) in [5.41, 5.74) is 4.50. The van der Waals surface area contributed by atoms with Crippen LogP contribution >= 0.6 is 0 Å². The Hall–Kier alpha value is -2.88. The summed E-state index contributed by atoms with van der Waals surface area (Å²) >= 11 is 0. The van der Waals surface area contributed by atoms with Gasteiger partial charge in [-0.25, -0.2) is 0 Å². The van der Waals surface area contributed by atoms with Crippen molar-refractivity contribution in [2.75, 3.05) is 5.32 Å². The molecule has 156 valence electrons. The molecule has 0 amide bonds. The average molecular weight is 403 g/mol. The van der Waals surface area contributed by atoms with Gasteiger partial charge in [-0.3, -0.25) is 9.59 Å². The van der Waals surface area contributed by atoms with Crippen molar-refractivity contribution in [2.24, 2.45) is 13.0 Å². The van der Waals surface area contributed by atoms with Crippen LogP contribution in [0.5, 0.6) is 0 Å². The van der Waals surface area contributed by atoms with Crippen molar-refractivity contribution in [1.29, 1.82) is 0 Å². The van der Waals surface area contributed by atoms with Crippen LogP contribution in [0.3, 0.4) is 0 Å². The number of pyridine rings is 1. The Balaban J connectivity index is 1.98. The van der Waals surface area contributed by atoms with Crippen LogP contribution in [-0.4, -0.2) is 15.9 Å². The number of hydrogen-bond donors (Lipinski definition) is 1. The number of hydrogen-bond acceptors (Lipinski definition) is 3. The first-order chi connectivity index (χ1) is 14.3. The van der Waals surface area contributed by atoms with Gasteiger partial charge in [-0.2, -0.15) is 0 Å². The molecule has 0 bridgehead atoms. The van der Waals surface area contributed by atoms with Crippen molar-refractivity contribution in [3.8, 4) is 11.1 Å². The second kappa shape index (κ2) is 7.42. The number of carbonyl (C=O) groups excluding carboxylic acids is 1. The molecule has 1 aromatic heterocycles. The zero-order chi connectivity index (χ0) is 21.6. The Bertz CT molecular complexity index is 1210. The fraction of sp³-hybridized carbons (Fsp3) is 0.385. The van der Waals surface area contributed by atoms with Crippen molar-refractivity contribution in [2.45, 2.75) is 52.5 Å². The van der Waals surface area contributed by atoms with E-state index in [1.165, 1.54) is 0 Å². The second-order valence-corrected chi connectivity index (χ2v) is 8.97. The molecule has 4 rings (SSSR count). The lowest BCUT2D eigenvalue weighted by Crippen LogP contribution is -2.36. The van der Waals surface area contributed by atoms with Crippen molar-refractivity contribution in [3.63, 3.8) is 0 Å². The molecule has 4 nitrogen and oxygen atoms in total. The van der Waals surface area contributed by atoms with Gasteiger partial charge >= 0.3 is 0 Å². The standard InChI is InChI=1S/C26H30N2O2/c1-6-16(3)15-26(4,7-2)27-20-12-13-21-23-19(14-22(29)28(21)5)17-10-8-9-11-18(17)25(30)24(20)23/h8-14,16,27H,6-7,15H2,1-5H3. The minimum absolute atomic E-state index is 0.0202. The van der Waals surface area contributed by atoms with E-state index < -0.39 is 0 Å². The number of carbonyl (C=O) groups is 1. The molecule has 0 saturated heterocycles. The zero-order valence-corrected chi connectivity index (χ0v) is 18.5. The first-order valence-corrected chi connectivity index (χ1v) is 10.9. The van der Waals surface area contributed by atoms with Crippen LogP contribution in [0.2, 0.25) is 0 Å². The summed E-state index contributed by atoms with van der Waals surface area (Å²) in [6.07, 6.45) is 3.11. The Labute approximate surface area is 177 Å². The summed E-state index contributed by atoms with van der Waals surface area (Å²) in [5, 5.41) is 4.60. The maximum absolute atomic E-state index is 13.6. The maximum Gasteiger partial charge on any atom is 0.251 e. The van der Waals surface area contributed by atoms with Crippen LogP contribution < -0.4 is 10.9 Å². The fourth-order valence-electron chi connectivity index (χ4n) is 4.68. The largest absolute Gasteiger partial charge is 0.379 e. The van der Waals surface area contributed by atoms with E-state index in [9.17, 15) is 9.59 Å². The van der Waals surface area contributed by atoms with Gasteiger partial charge in [-0.15, -0.1) is 0 Å². The number of fused-ring (bicyclic) bond motifs is 2. The van der Waals surface area contributed by atoms with Crippen LogP contribution in [0.1, 0.15) is 62.9 Å². The molecule has 1 heterocycles. The van der Waals surface area contributed by atoms with Gasteiger partial charge in [0, 0.05) is 35.3 Å². The highest BCUT2D eigenvalue weighted by Crippen LogP contribution is 2.42. The molecule has 0 saturated carbocycles. The van der Waals surface area contributed by atoms with Crippen molar-refractivity contribution in [3.05, 3.63) is 63.9 Å². The van der Waals surface area contributed by atoms with Crippen LogP contribution in [-0.2, 0) is 7.05 Å². The molecule has 3 aromatic rings. The maximum atomic E-state index is 13.6. The number of ketones is 1. The number of nitrogens with zero attached hydrogens (tertiary/aromatic N) is 1. The minimum atomic E-state index is -0.113. The molecular weight excluding hydrogens is 372 g/mol. The van der Waals surface area contributed by atoms with Gasteiger partial charge in [0.15, 0.2) is 5.78 Å². The summed E-state index contributed by atoms with van der Waals surface area (Å²) < 4.78 is 1.63. The predicted octanol–water partition coefficient (Wildman–Crippen LogP) is 5.77. The molecule has 0 spiro atoms. The van der Waals surface area contributed by atoms with Crippen molar-refractivity contribution in [1.82, 2.24) is 4.57 Å². The van der Waals surface area contributed by atoms with E-state index in [4.69, 9.17) is 0 Å². The molecule has 0 radical (unpaired) electrons. The molecule has 1 aliphatic carbocycles. The van der Waals surface area contributed by atoms with E-state index in [1.807, 2.05) is 36.4 Å². The Kier molecular flexibility index (Phi) is 5.05. The molecule has 0 aliphatic heterocycles. The summed E-state index contributed by atoms with van der Waals surface area (Å²) in [4.78, 5) is 26.3. The summed E-state index contributed by atoms with van der Waals surface area (Å²) in [5.74, 6) is 0.610. The van der Waals surface area contributed by atoms with E-state index >= 15 is 0 Å². The average Bonchev–Trinajstić information content (AvgIpc) is 2.75. The number of aryl methyl sites for hydroxylation is 1. The van der Waals surface area contributed by atoms with E-state index in [2.05, 4.69) is 33.0 Å². The SMILES string of the molecule is CCC(C)CC(C)(CC)Nc1ccc2c3c(cc(=O)n2C)-c2ccccc2C(=O)c13. The highest BCUT2D eigenvalue weighted by atomic mass is 16.1. The minimum Gasteiger partial charge on any atom is -0.379 e. The predicted molar refractivity (Wildman–Crippen MR) is 124 cm³/mol. The number of anilines is 1. The number of nitrogens with one attached hydrogen (secondary N) is 1. The third kappa shape index (κ3) is 3.15. The van der Waals surface area contributed by atoms with Gasteiger partial charge in [0.1, 0.15) is 0 Å². The molecule has 2 atom stereocenters. The first kappa shape index (κ1) is 20.4. The summed E-state index contributed by atoms with van der Waals surface area (Å²) in [7, 11) is 1.77. The number of benzene rings is 2. The third-order valence-corrected chi connectivity index (χ3v) is 6.81. The third-order valence-electron chi connectivity index (χ3n) is 6.81. The van der Waals surface area contributed by atoms with Gasteiger partial charge in [-0.05, 0) is 48.9 Å². The molecule has 4 heteroatoms.